The van der Waals surface area contributed by atoms with E-state index in [4.69, 9.17) is 4.74 Å². The first-order valence-electron chi connectivity index (χ1n) is 9.95. The molecule has 10 nitrogen and oxygen atoms in total. The Morgan fingerprint density at radius 3 is 2.33 bits per heavy atom. The summed E-state index contributed by atoms with van der Waals surface area (Å²) >= 11 is 0. The lowest BCUT2D eigenvalue weighted by atomic mass is 10.2. The zero-order valence-corrected chi connectivity index (χ0v) is 19.5. The molecule has 0 saturated heterocycles. The molecular formula is C22H25N5O5S. The monoisotopic (exact) mass is 471 g/mol. The molecule has 11 heteroatoms. The van der Waals surface area contributed by atoms with Crippen LogP contribution in [0.1, 0.15) is 21.7 Å². The van der Waals surface area contributed by atoms with Gasteiger partial charge < -0.3 is 4.74 Å². The number of hydrazine groups is 1. The fourth-order valence-corrected chi connectivity index (χ4v) is 4.37. The number of nitrogens with zero attached hydrogens (tertiary/aromatic N) is 3. The molecule has 0 bridgehead atoms. The van der Waals surface area contributed by atoms with Gasteiger partial charge in [0, 0.05) is 18.3 Å². The summed E-state index contributed by atoms with van der Waals surface area (Å²) in [6.45, 7) is 3.60. The Kier molecular flexibility index (Phi) is 7.02. The fourth-order valence-electron chi connectivity index (χ4n) is 3.16. The molecule has 174 valence electrons. The average Bonchev–Trinajstić information content (AvgIpc) is 3.13. The molecule has 0 aliphatic heterocycles. The predicted octanol–water partition coefficient (Wildman–Crippen LogP) is 1.79. The number of nitrogens with one attached hydrogen (secondary N) is 2. The largest absolute Gasteiger partial charge is 0.495 e. The van der Waals surface area contributed by atoms with Crippen LogP contribution in [0.3, 0.4) is 0 Å². The molecule has 2 amide bonds. The summed E-state index contributed by atoms with van der Waals surface area (Å²) in [5, 5.41) is 4.19. The number of sulfonamides is 1. The molecule has 1 aromatic heterocycles. The van der Waals surface area contributed by atoms with Crippen molar-refractivity contribution in [2.45, 2.75) is 25.3 Å². The quantitative estimate of drug-likeness (QED) is 0.507. The minimum atomic E-state index is -3.89. The van der Waals surface area contributed by atoms with Crippen LogP contribution in [0.4, 0.5) is 5.69 Å². The minimum Gasteiger partial charge on any atom is -0.495 e. The molecule has 0 unspecified atom stereocenters. The Labute approximate surface area is 192 Å². The number of anilines is 1. The zero-order chi connectivity index (χ0) is 24.2. The number of aromatic nitrogens is 2. The van der Waals surface area contributed by atoms with E-state index in [0.717, 1.165) is 15.7 Å². The lowest BCUT2D eigenvalue weighted by Gasteiger charge is -2.21. The van der Waals surface area contributed by atoms with Crippen molar-refractivity contribution in [1.29, 1.82) is 0 Å². The van der Waals surface area contributed by atoms with Crippen LogP contribution in [-0.4, -0.2) is 44.2 Å². The van der Waals surface area contributed by atoms with Crippen molar-refractivity contribution >= 4 is 27.5 Å². The summed E-state index contributed by atoms with van der Waals surface area (Å²) in [6, 6.07) is 14.0. The van der Waals surface area contributed by atoms with E-state index < -0.39 is 21.8 Å². The number of amides is 2. The third-order valence-corrected chi connectivity index (χ3v) is 6.70. The number of carbonyl (C=O) groups excluding carboxylic acids is 2. The van der Waals surface area contributed by atoms with Crippen LogP contribution in [0, 0.1) is 13.8 Å². The van der Waals surface area contributed by atoms with Gasteiger partial charge in [0.2, 0.25) is 0 Å². The lowest BCUT2D eigenvalue weighted by molar-refractivity contribution is -0.122. The highest BCUT2D eigenvalue weighted by molar-refractivity contribution is 7.92. The van der Waals surface area contributed by atoms with E-state index in [1.807, 2.05) is 19.9 Å². The molecule has 0 fully saturated rings. The van der Waals surface area contributed by atoms with Crippen molar-refractivity contribution in [2.75, 3.05) is 18.5 Å². The molecule has 0 atom stereocenters. The SMILES string of the molecule is COc1ccccc1N(C)S(=O)(=O)c1ccc(C(=O)NNC(=O)Cn2nc(C)cc2C)cc1. The molecule has 0 saturated carbocycles. The first-order chi connectivity index (χ1) is 15.6. The van der Waals surface area contributed by atoms with Crippen molar-refractivity contribution in [1.82, 2.24) is 20.6 Å². The first kappa shape index (κ1) is 23.8. The van der Waals surface area contributed by atoms with E-state index >= 15 is 0 Å². The van der Waals surface area contributed by atoms with Crippen molar-refractivity contribution in [2.24, 2.45) is 0 Å². The highest BCUT2D eigenvalue weighted by atomic mass is 32.2. The number of benzene rings is 2. The number of ether oxygens (including phenoxy) is 1. The van der Waals surface area contributed by atoms with Crippen LogP contribution in [-0.2, 0) is 21.4 Å². The molecule has 3 rings (SSSR count). The van der Waals surface area contributed by atoms with E-state index in [-0.39, 0.29) is 17.0 Å². The minimum absolute atomic E-state index is 0.000943. The van der Waals surface area contributed by atoms with Gasteiger partial charge in [-0.1, -0.05) is 12.1 Å². The second-order valence-electron chi connectivity index (χ2n) is 7.26. The summed E-state index contributed by atoms with van der Waals surface area (Å²) in [4.78, 5) is 24.4. The highest BCUT2D eigenvalue weighted by Gasteiger charge is 2.24. The van der Waals surface area contributed by atoms with E-state index in [2.05, 4.69) is 16.0 Å². The van der Waals surface area contributed by atoms with Gasteiger partial charge in [0.15, 0.2) is 0 Å². The number of carbonyl (C=O) groups is 2. The van der Waals surface area contributed by atoms with Gasteiger partial charge in [0.05, 0.1) is 23.4 Å². The number of para-hydroxylation sites is 2. The van der Waals surface area contributed by atoms with E-state index in [0.29, 0.717) is 11.4 Å². The maximum Gasteiger partial charge on any atom is 0.269 e. The Hall–Kier alpha value is -3.86. The third-order valence-electron chi connectivity index (χ3n) is 4.91. The summed E-state index contributed by atoms with van der Waals surface area (Å²) in [5.74, 6) is -0.623. The van der Waals surface area contributed by atoms with Gasteiger partial charge >= 0.3 is 0 Å². The topological polar surface area (TPSA) is 123 Å². The molecule has 3 aromatic rings. The van der Waals surface area contributed by atoms with E-state index in [9.17, 15) is 18.0 Å². The van der Waals surface area contributed by atoms with Crippen LogP contribution in [0.2, 0.25) is 0 Å². The normalized spacial score (nSPS) is 11.0. The number of hydrogen-bond donors (Lipinski definition) is 2. The third kappa shape index (κ3) is 5.32. The molecule has 0 spiro atoms. The standard InChI is InChI=1S/C22H25N5O5S/c1-15-13-16(2)27(25-15)14-21(28)23-24-22(29)17-9-11-18(12-10-17)33(30,31)26(3)19-7-5-6-8-20(19)32-4/h5-13H,14H2,1-4H3,(H,23,28)(H,24,29). The summed E-state index contributed by atoms with van der Waals surface area (Å²) < 4.78 is 33.9. The lowest BCUT2D eigenvalue weighted by Crippen LogP contribution is -2.43. The van der Waals surface area contributed by atoms with Gasteiger partial charge in [-0.15, -0.1) is 0 Å². The van der Waals surface area contributed by atoms with Crippen molar-refractivity contribution < 1.29 is 22.7 Å². The van der Waals surface area contributed by atoms with Gasteiger partial charge in [0.25, 0.3) is 21.8 Å². The molecule has 2 aromatic carbocycles. The Morgan fingerprint density at radius 1 is 1.06 bits per heavy atom. The van der Waals surface area contributed by atoms with Crippen LogP contribution >= 0.6 is 0 Å². The second-order valence-corrected chi connectivity index (χ2v) is 9.23. The van der Waals surface area contributed by atoms with E-state index in [1.165, 1.54) is 43.1 Å². The van der Waals surface area contributed by atoms with E-state index in [1.54, 1.807) is 24.3 Å². The molecular weight excluding hydrogens is 446 g/mol. The Morgan fingerprint density at radius 2 is 1.73 bits per heavy atom. The van der Waals surface area contributed by atoms with Crippen LogP contribution in [0.25, 0.3) is 0 Å². The van der Waals surface area contributed by atoms with Crippen LogP contribution < -0.4 is 19.9 Å². The van der Waals surface area contributed by atoms with Crippen molar-refractivity contribution in [3.05, 3.63) is 71.5 Å². The summed E-state index contributed by atoms with van der Waals surface area (Å²) in [6.07, 6.45) is 0. The molecule has 0 radical (unpaired) electrons. The van der Waals surface area contributed by atoms with Gasteiger partial charge in [-0.05, 0) is 56.3 Å². The summed E-state index contributed by atoms with van der Waals surface area (Å²) in [7, 11) is -1.00. The maximum absolute atomic E-state index is 13.0. The van der Waals surface area contributed by atoms with Gasteiger partial charge in [-0.2, -0.15) is 5.10 Å². The number of rotatable bonds is 7. The molecule has 1 heterocycles. The number of methoxy groups -OCH3 is 1. The van der Waals surface area contributed by atoms with Crippen molar-refractivity contribution in [3.63, 3.8) is 0 Å². The molecule has 0 aliphatic rings. The van der Waals surface area contributed by atoms with Gasteiger partial charge in [-0.3, -0.25) is 29.4 Å². The number of aryl methyl sites for hydroxylation is 2. The van der Waals surface area contributed by atoms with Crippen LogP contribution in [0.5, 0.6) is 5.75 Å². The molecule has 2 N–H and O–H groups in total. The highest BCUT2D eigenvalue weighted by Crippen LogP contribution is 2.30. The molecule has 33 heavy (non-hydrogen) atoms. The van der Waals surface area contributed by atoms with Crippen molar-refractivity contribution in [3.8, 4) is 5.75 Å². The molecule has 0 aliphatic carbocycles. The Balaban J connectivity index is 1.65. The maximum atomic E-state index is 13.0. The fraction of sp³-hybridized carbons (Fsp3) is 0.227. The van der Waals surface area contributed by atoms with Gasteiger partial charge in [-0.25, -0.2) is 8.42 Å². The average molecular weight is 472 g/mol. The predicted molar refractivity (Wildman–Crippen MR) is 122 cm³/mol. The van der Waals surface area contributed by atoms with Gasteiger partial charge in [0.1, 0.15) is 12.3 Å². The number of hydrogen-bond acceptors (Lipinski definition) is 6. The Bertz CT molecular complexity index is 1270. The first-order valence-corrected chi connectivity index (χ1v) is 11.4. The summed E-state index contributed by atoms with van der Waals surface area (Å²) in [5.41, 5.74) is 6.81. The smallest absolute Gasteiger partial charge is 0.269 e. The second kappa shape index (κ2) is 9.74. The zero-order valence-electron chi connectivity index (χ0n) is 18.7. The van der Waals surface area contributed by atoms with Crippen LogP contribution in [0.15, 0.2) is 59.5 Å².